The number of rotatable bonds is 2. The van der Waals surface area contributed by atoms with Gasteiger partial charge in [0, 0.05) is 25.4 Å². The van der Waals surface area contributed by atoms with E-state index in [4.69, 9.17) is 0 Å². The van der Waals surface area contributed by atoms with Crippen LogP contribution in [-0.4, -0.2) is 28.2 Å². The second-order valence-corrected chi connectivity index (χ2v) is 5.74. The maximum atomic E-state index is 12.1. The lowest BCUT2D eigenvalue weighted by molar-refractivity contribution is -0.117. The van der Waals surface area contributed by atoms with Crippen LogP contribution >= 0.6 is 28.6 Å². The highest BCUT2D eigenvalue weighted by Crippen LogP contribution is 2.35. The molecule has 0 aliphatic carbocycles. The van der Waals surface area contributed by atoms with Crippen LogP contribution in [-0.2, 0) is 4.79 Å². The highest BCUT2D eigenvalue weighted by molar-refractivity contribution is 9.10. The van der Waals surface area contributed by atoms with Gasteiger partial charge in [-0.25, -0.2) is 0 Å². The summed E-state index contributed by atoms with van der Waals surface area (Å²) in [7, 11) is 0. The lowest BCUT2D eigenvalue weighted by Crippen LogP contribution is -2.25. The molecule has 1 aliphatic heterocycles. The van der Waals surface area contributed by atoms with Crippen LogP contribution in [0.15, 0.2) is 29.0 Å². The number of halogens is 1. The molecule has 1 amide bonds. The Morgan fingerprint density at radius 2 is 2.16 bits per heavy atom. The van der Waals surface area contributed by atoms with E-state index < -0.39 is 0 Å². The summed E-state index contributed by atoms with van der Waals surface area (Å²) >= 11 is 7.83. The summed E-state index contributed by atoms with van der Waals surface area (Å²) in [5.41, 5.74) is 2.46. The minimum Gasteiger partial charge on any atom is -0.311 e. The van der Waals surface area contributed by atoms with Crippen LogP contribution in [0, 0.1) is 5.92 Å². The topological polar surface area (TPSA) is 46.1 Å². The van der Waals surface area contributed by atoms with Crippen LogP contribution in [0.1, 0.15) is 6.42 Å². The van der Waals surface area contributed by atoms with Crippen LogP contribution in [0.2, 0.25) is 0 Å². The van der Waals surface area contributed by atoms with Crippen molar-refractivity contribution in [1.29, 1.82) is 0 Å². The Bertz CT molecular complexity index is 649. The first kappa shape index (κ1) is 12.9. The lowest BCUT2D eigenvalue weighted by Gasteiger charge is -2.18. The zero-order chi connectivity index (χ0) is 13.4. The Kier molecular flexibility index (Phi) is 3.45. The first-order valence-electron chi connectivity index (χ1n) is 6.01. The van der Waals surface area contributed by atoms with Gasteiger partial charge in [0.2, 0.25) is 5.91 Å². The maximum absolute atomic E-state index is 12.1. The molecule has 2 aromatic rings. The number of hydrogen-bond acceptors (Lipinski definition) is 4. The van der Waals surface area contributed by atoms with E-state index in [9.17, 15) is 4.79 Å². The van der Waals surface area contributed by atoms with E-state index >= 15 is 0 Å². The number of anilines is 1. The molecule has 3 rings (SSSR count). The van der Waals surface area contributed by atoms with E-state index in [1.165, 1.54) is 0 Å². The van der Waals surface area contributed by atoms with Gasteiger partial charge in [0.15, 0.2) is 0 Å². The summed E-state index contributed by atoms with van der Waals surface area (Å²) in [5.74, 6) is 1.19. The number of thiol groups is 1. The summed E-state index contributed by atoms with van der Waals surface area (Å²) in [4.78, 5) is 22.4. The van der Waals surface area contributed by atoms with Gasteiger partial charge in [0.1, 0.15) is 5.52 Å². The van der Waals surface area contributed by atoms with E-state index in [1.54, 1.807) is 17.3 Å². The third-order valence-corrected chi connectivity index (χ3v) is 4.61. The molecular weight excluding hydrogens is 326 g/mol. The molecule has 1 atom stereocenters. The molecule has 0 saturated carbocycles. The molecule has 1 unspecified atom stereocenters. The average Bonchev–Trinajstić information content (AvgIpc) is 2.81. The van der Waals surface area contributed by atoms with Crippen molar-refractivity contribution >= 4 is 51.2 Å². The molecule has 1 saturated heterocycles. The van der Waals surface area contributed by atoms with Crippen LogP contribution in [0.25, 0.3) is 11.0 Å². The van der Waals surface area contributed by atoms with Gasteiger partial charge in [-0.15, -0.1) is 0 Å². The molecule has 0 bridgehead atoms. The minimum atomic E-state index is 0.142. The molecule has 0 spiro atoms. The van der Waals surface area contributed by atoms with E-state index in [-0.39, 0.29) is 5.91 Å². The van der Waals surface area contributed by atoms with Gasteiger partial charge in [-0.1, -0.05) is 0 Å². The second-order valence-electron chi connectivity index (χ2n) is 4.58. The average molecular weight is 338 g/mol. The van der Waals surface area contributed by atoms with Gasteiger partial charge in [-0.3, -0.25) is 14.8 Å². The molecule has 1 aromatic carbocycles. The summed E-state index contributed by atoms with van der Waals surface area (Å²) in [6.07, 6.45) is 3.88. The summed E-state index contributed by atoms with van der Waals surface area (Å²) in [6.45, 7) is 0.715. The fourth-order valence-corrected chi connectivity index (χ4v) is 3.23. The zero-order valence-corrected chi connectivity index (χ0v) is 12.6. The van der Waals surface area contributed by atoms with Crippen molar-refractivity contribution in [3.8, 4) is 0 Å². The largest absolute Gasteiger partial charge is 0.311 e. The predicted octanol–water partition coefficient (Wildman–Crippen LogP) is 2.68. The lowest BCUT2D eigenvalue weighted by atomic mass is 10.1. The number of carbonyl (C=O) groups excluding carboxylic acids is 1. The quantitative estimate of drug-likeness (QED) is 0.857. The third-order valence-electron chi connectivity index (χ3n) is 3.31. The predicted molar refractivity (Wildman–Crippen MR) is 81.6 cm³/mol. The number of hydrogen-bond donors (Lipinski definition) is 1. The zero-order valence-electron chi connectivity index (χ0n) is 10.1. The van der Waals surface area contributed by atoms with Crippen molar-refractivity contribution in [2.75, 3.05) is 17.2 Å². The van der Waals surface area contributed by atoms with Gasteiger partial charge in [-0.2, -0.15) is 12.6 Å². The summed E-state index contributed by atoms with van der Waals surface area (Å²) < 4.78 is 0.825. The Hall–Kier alpha value is -1.14. The van der Waals surface area contributed by atoms with Gasteiger partial charge >= 0.3 is 0 Å². The monoisotopic (exact) mass is 337 g/mol. The van der Waals surface area contributed by atoms with Crippen molar-refractivity contribution in [2.24, 2.45) is 5.92 Å². The Morgan fingerprint density at radius 1 is 1.37 bits per heavy atom. The number of aromatic nitrogens is 2. The van der Waals surface area contributed by atoms with E-state index in [0.717, 1.165) is 26.9 Å². The number of benzene rings is 1. The molecule has 98 valence electrons. The first-order valence-corrected chi connectivity index (χ1v) is 7.43. The minimum absolute atomic E-state index is 0.142. The first-order chi connectivity index (χ1) is 9.20. The Balaban J connectivity index is 2.06. The third kappa shape index (κ3) is 2.23. The fourth-order valence-electron chi connectivity index (χ4n) is 2.34. The number of amides is 1. The Morgan fingerprint density at radius 3 is 2.89 bits per heavy atom. The van der Waals surface area contributed by atoms with Crippen LogP contribution in [0.5, 0.6) is 0 Å². The van der Waals surface area contributed by atoms with Crippen LogP contribution < -0.4 is 4.90 Å². The normalized spacial score (nSPS) is 19.4. The summed E-state index contributed by atoms with van der Waals surface area (Å²) in [6, 6.07) is 3.81. The van der Waals surface area contributed by atoms with E-state index in [2.05, 4.69) is 38.5 Å². The molecule has 1 aromatic heterocycles. The van der Waals surface area contributed by atoms with Crippen molar-refractivity contribution in [3.63, 3.8) is 0 Å². The van der Waals surface area contributed by atoms with Gasteiger partial charge in [0.05, 0.1) is 15.7 Å². The smallest absolute Gasteiger partial charge is 0.227 e. The molecule has 6 heteroatoms. The molecule has 4 nitrogen and oxygen atoms in total. The van der Waals surface area contributed by atoms with E-state index in [1.807, 2.05) is 12.1 Å². The molecule has 19 heavy (non-hydrogen) atoms. The number of carbonyl (C=O) groups is 1. The Labute approximate surface area is 124 Å². The van der Waals surface area contributed by atoms with Crippen LogP contribution in [0.3, 0.4) is 0 Å². The fraction of sp³-hybridized carbons (Fsp3) is 0.308. The molecule has 0 N–H and O–H groups in total. The standard InChI is InChI=1S/C13H12BrN3OS/c14-12-10(17-6-8(7-19)5-11(17)18)2-1-9-13(12)16-4-3-15-9/h1-4,8,19H,5-7H2. The number of fused-ring (bicyclic) bond motifs is 1. The summed E-state index contributed by atoms with van der Waals surface area (Å²) in [5, 5.41) is 0. The van der Waals surface area contributed by atoms with Crippen molar-refractivity contribution in [3.05, 3.63) is 29.0 Å². The van der Waals surface area contributed by atoms with Gasteiger partial charge < -0.3 is 4.90 Å². The molecule has 1 aliphatic rings. The highest BCUT2D eigenvalue weighted by atomic mass is 79.9. The molecule has 1 fully saturated rings. The highest BCUT2D eigenvalue weighted by Gasteiger charge is 2.31. The molecular formula is C13H12BrN3OS. The van der Waals surface area contributed by atoms with Crippen molar-refractivity contribution in [2.45, 2.75) is 6.42 Å². The number of nitrogens with zero attached hydrogens (tertiary/aromatic N) is 3. The van der Waals surface area contributed by atoms with E-state index in [0.29, 0.717) is 18.9 Å². The molecule has 2 heterocycles. The van der Waals surface area contributed by atoms with Crippen molar-refractivity contribution < 1.29 is 4.79 Å². The van der Waals surface area contributed by atoms with Crippen molar-refractivity contribution in [1.82, 2.24) is 9.97 Å². The second kappa shape index (κ2) is 5.09. The van der Waals surface area contributed by atoms with Crippen LogP contribution in [0.4, 0.5) is 5.69 Å². The van der Waals surface area contributed by atoms with Gasteiger partial charge in [-0.05, 0) is 39.7 Å². The SMILES string of the molecule is O=C1CC(CS)CN1c1ccc2nccnc2c1Br. The van der Waals surface area contributed by atoms with Gasteiger partial charge in [0.25, 0.3) is 0 Å². The molecule has 0 radical (unpaired) electrons. The maximum Gasteiger partial charge on any atom is 0.227 e.